The molecule has 3 nitrogen and oxygen atoms in total. The average Bonchev–Trinajstić information content (AvgIpc) is 2.26. The second-order valence-corrected chi connectivity index (χ2v) is 3.47. The van der Waals surface area contributed by atoms with Crippen molar-refractivity contribution in [3.8, 4) is 0 Å². The van der Waals surface area contributed by atoms with E-state index in [4.69, 9.17) is 10.2 Å². The van der Waals surface area contributed by atoms with Crippen molar-refractivity contribution in [2.45, 2.75) is 19.0 Å². The van der Waals surface area contributed by atoms with Gasteiger partial charge in [0.05, 0.1) is 19.3 Å². The van der Waals surface area contributed by atoms with Gasteiger partial charge in [-0.05, 0) is 13.0 Å². The quantitative estimate of drug-likeness (QED) is 0.679. The van der Waals surface area contributed by atoms with Gasteiger partial charge in [-0.15, -0.1) is 0 Å². The molecule has 1 aromatic carbocycles. The maximum absolute atomic E-state index is 13.3. The first-order valence-electron chi connectivity index (χ1n) is 4.91. The molecule has 0 radical (unpaired) electrons. The number of hydrogen-bond donors (Lipinski definition) is 3. The van der Waals surface area contributed by atoms with E-state index in [-0.39, 0.29) is 25.1 Å². The molecule has 1 aromatic rings. The smallest absolute Gasteiger partial charge is 0.127 e. The predicted molar refractivity (Wildman–Crippen MR) is 55.9 cm³/mol. The fourth-order valence-corrected chi connectivity index (χ4v) is 1.43. The van der Waals surface area contributed by atoms with Crippen molar-refractivity contribution in [1.29, 1.82) is 0 Å². The number of halogens is 1. The topological polar surface area (TPSA) is 52.5 Å². The van der Waals surface area contributed by atoms with Gasteiger partial charge in [-0.2, -0.15) is 0 Å². The Kier molecular flexibility index (Phi) is 4.68. The van der Waals surface area contributed by atoms with Crippen molar-refractivity contribution >= 4 is 0 Å². The molecule has 0 saturated heterocycles. The standard InChI is InChI=1S/C11H16FNO2/c1-8(13-9(6-14)7-15)10-4-2-3-5-11(10)12/h2-5,8-9,13-15H,6-7H2,1H3/t8-/m1/s1. The fraction of sp³-hybridized carbons (Fsp3) is 0.455. The van der Waals surface area contributed by atoms with E-state index >= 15 is 0 Å². The van der Waals surface area contributed by atoms with Crippen LogP contribution in [0.5, 0.6) is 0 Å². The number of nitrogens with one attached hydrogen (secondary N) is 1. The molecule has 0 unspecified atom stereocenters. The molecule has 0 spiro atoms. The Hall–Kier alpha value is -0.970. The summed E-state index contributed by atoms with van der Waals surface area (Å²) in [4.78, 5) is 0. The molecule has 0 aromatic heterocycles. The molecule has 0 aliphatic carbocycles. The normalized spacial score (nSPS) is 13.1. The van der Waals surface area contributed by atoms with E-state index in [9.17, 15) is 4.39 Å². The van der Waals surface area contributed by atoms with Crippen LogP contribution in [0, 0.1) is 5.82 Å². The molecule has 4 heteroatoms. The lowest BCUT2D eigenvalue weighted by atomic mass is 10.1. The molecule has 0 aliphatic heterocycles. The minimum absolute atomic E-state index is 0.171. The molecule has 1 rings (SSSR count). The van der Waals surface area contributed by atoms with Crippen LogP contribution in [-0.4, -0.2) is 29.5 Å². The Bertz CT molecular complexity index is 302. The van der Waals surface area contributed by atoms with Crippen molar-refractivity contribution in [3.63, 3.8) is 0 Å². The van der Waals surface area contributed by atoms with E-state index in [2.05, 4.69) is 5.32 Å². The zero-order valence-corrected chi connectivity index (χ0v) is 8.65. The molecule has 0 aliphatic rings. The van der Waals surface area contributed by atoms with Crippen molar-refractivity contribution < 1.29 is 14.6 Å². The Morgan fingerprint density at radius 3 is 2.40 bits per heavy atom. The van der Waals surface area contributed by atoms with Gasteiger partial charge in [-0.3, -0.25) is 0 Å². The Morgan fingerprint density at radius 2 is 1.87 bits per heavy atom. The minimum atomic E-state index is -0.417. The van der Waals surface area contributed by atoms with Crippen LogP contribution in [0.1, 0.15) is 18.5 Å². The van der Waals surface area contributed by atoms with E-state index in [1.165, 1.54) is 6.07 Å². The highest BCUT2D eigenvalue weighted by Crippen LogP contribution is 2.16. The summed E-state index contributed by atoms with van der Waals surface area (Å²) in [5.41, 5.74) is 0.532. The third-order valence-corrected chi connectivity index (χ3v) is 2.30. The third kappa shape index (κ3) is 3.27. The monoisotopic (exact) mass is 213 g/mol. The summed E-state index contributed by atoms with van der Waals surface area (Å²) in [6, 6.07) is 5.79. The fourth-order valence-electron chi connectivity index (χ4n) is 1.43. The lowest BCUT2D eigenvalue weighted by Gasteiger charge is -2.20. The summed E-state index contributed by atoms with van der Waals surface area (Å²) in [7, 11) is 0. The second-order valence-electron chi connectivity index (χ2n) is 3.47. The first-order chi connectivity index (χ1) is 7.19. The van der Waals surface area contributed by atoms with Crippen molar-refractivity contribution in [3.05, 3.63) is 35.6 Å². The molecule has 0 heterocycles. The van der Waals surface area contributed by atoms with Gasteiger partial charge in [0.1, 0.15) is 5.82 Å². The van der Waals surface area contributed by atoms with E-state index in [0.717, 1.165) is 0 Å². The molecule has 0 amide bonds. The highest BCUT2D eigenvalue weighted by atomic mass is 19.1. The van der Waals surface area contributed by atoms with Crippen LogP contribution < -0.4 is 5.32 Å². The molecule has 0 bridgehead atoms. The van der Waals surface area contributed by atoms with Gasteiger partial charge in [-0.1, -0.05) is 18.2 Å². The molecule has 0 saturated carbocycles. The van der Waals surface area contributed by atoms with Gasteiger partial charge in [0, 0.05) is 11.6 Å². The molecular formula is C11H16FNO2. The minimum Gasteiger partial charge on any atom is -0.395 e. The van der Waals surface area contributed by atoms with Gasteiger partial charge in [0.25, 0.3) is 0 Å². The molecule has 84 valence electrons. The third-order valence-electron chi connectivity index (χ3n) is 2.30. The predicted octanol–water partition coefficient (Wildman–Crippen LogP) is 0.829. The molecule has 1 atom stereocenters. The van der Waals surface area contributed by atoms with Gasteiger partial charge >= 0.3 is 0 Å². The maximum atomic E-state index is 13.3. The van der Waals surface area contributed by atoms with E-state index in [0.29, 0.717) is 5.56 Å². The Labute approximate surface area is 88.6 Å². The van der Waals surface area contributed by atoms with Crippen molar-refractivity contribution in [1.82, 2.24) is 5.32 Å². The summed E-state index contributed by atoms with van der Waals surface area (Å²) in [6.45, 7) is 1.45. The maximum Gasteiger partial charge on any atom is 0.127 e. The zero-order valence-electron chi connectivity index (χ0n) is 8.65. The van der Waals surface area contributed by atoms with Crippen LogP contribution in [0.3, 0.4) is 0 Å². The second kappa shape index (κ2) is 5.80. The van der Waals surface area contributed by atoms with E-state index in [1.54, 1.807) is 25.1 Å². The number of aliphatic hydroxyl groups is 2. The van der Waals surface area contributed by atoms with Crippen LogP contribution in [0.2, 0.25) is 0 Å². The van der Waals surface area contributed by atoms with Crippen LogP contribution in [-0.2, 0) is 0 Å². The largest absolute Gasteiger partial charge is 0.395 e. The summed E-state index contributed by atoms with van der Waals surface area (Å²) < 4.78 is 13.3. The number of hydrogen-bond acceptors (Lipinski definition) is 3. The number of benzene rings is 1. The van der Waals surface area contributed by atoms with Gasteiger partial charge in [0.2, 0.25) is 0 Å². The van der Waals surface area contributed by atoms with E-state index < -0.39 is 6.04 Å². The number of aliphatic hydroxyl groups excluding tert-OH is 2. The molecule has 3 N–H and O–H groups in total. The summed E-state index contributed by atoms with van der Waals surface area (Å²) in [5, 5.41) is 20.7. The van der Waals surface area contributed by atoms with Gasteiger partial charge in [0.15, 0.2) is 0 Å². The Balaban J connectivity index is 2.68. The first-order valence-corrected chi connectivity index (χ1v) is 4.91. The number of rotatable bonds is 5. The van der Waals surface area contributed by atoms with Crippen LogP contribution in [0.4, 0.5) is 4.39 Å². The van der Waals surface area contributed by atoms with Gasteiger partial charge in [-0.25, -0.2) is 4.39 Å². The summed E-state index contributed by atoms with van der Waals surface area (Å²) >= 11 is 0. The van der Waals surface area contributed by atoms with Gasteiger partial charge < -0.3 is 15.5 Å². The lowest BCUT2D eigenvalue weighted by Crippen LogP contribution is -2.37. The first kappa shape index (κ1) is 12.1. The van der Waals surface area contributed by atoms with Crippen LogP contribution in [0.15, 0.2) is 24.3 Å². The SMILES string of the molecule is C[C@@H](NC(CO)CO)c1ccccc1F. The summed E-state index contributed by atoms with van der Waals surface area (Å²) in [6.07, 6.45) is 0. The highest BCUT2D eigenvalue weighted by molar-refractivity contribution is 5.20. The van der Waals surface area contributed by atoms with Crippen LogP contribution >= 0.6 is 0 Å². The summed E-state index contributed by atoms with van der Waals surface area (Å²) in [5.74, 6) is -0.285. The van der Waals surface area contributed by atoms with Crippen LogP contribution in [0.25, 0.3) is 0 Å². The molecular weight excluding hydrogens is 197 g/mol. The Morgan fingerprint density at radius 1 is 1.27 bits per heavy atom. The highest BCUT2D eigenvalue weighted by Gasteiger charge is 2.14. The zero-order chi connectivity index (χ0) is 11.3. The van der Waals surface area contributed by atoms with Crippen molar-refractivity contribution in [2.75, 3.05) is 13.2 Å². The molecule has 15 heavy (non-hydrogen) atoms. The van der Waals surface area contributed by atoms with Crippen molar-refractivity contribution in [2.24, 2.45) is 0 Å². The lowest BCUT2D eigenvalue weighted by molar-refractivity contribution is 0.163. The average molecular weight is 213 g/mol. The molecule has 0 fully saturated rings. The van der Waals surface area contributed by atoms with E-state index in [1.807, 2.05) is 0 Å².